The first-order valence-electron chi connectivity index (χ1n) is 42.4. The van der Waals surface area contributed by atoms with Gasteiger partial charge in [-0.1, -0.05) is 339 Å². The van der Waals surface area contributed by atoms with Crippen LogP contribution in [0.5, 0.6) is 0 Å². The summed E-state index contributed by atoms with van der Waals surface area (Å²) in [6.45, 7) is 1.73. The Morgan fingerprint density at radius 1 is 0.359 bits per heavy atom. The Kier molecular flexibility index (Phi) is 59.5. The van der Waals surface area contributed by atoms with E-state index in [9.17, 15) is 61.0 Å². The van der Waals surface area contributed by atoms with Crippen LogP contribution in [0, 0.1) is 0 Å². The second-order valence-electron chi connectivity index (χ2n) is 30.3. The molecule has 19 heteroatoms. The summed E-state index contributed by atoms with van der Waals surface area (Å²) in [7, 11) is 0. The van der Waals surface area contributed by atoms with Crippen LogP contribution in [-0.4, -0.2) is 193 Å². The fourth-order valence-electron chi connectivity index (χ4n) is 14.4. The Labute approximate surface area is 624 Å². The molecule has 17 unspecified atom stereocenters. The van der Waals surface area contributed by atoms with E-state index >= 15 is 0 Å². The molecule has 0 spiro atoms. The molecule has 17 atom stereocenters. The first-order chi connectivity index (χ1) is 50.3. The number of carbonyl (C=O) groups excluding carboxylic acids is 1. The minimum atomic E-state index is -1.97. The van der Waals surface area contributed by atoms with Gasteiger partial charge in [0.15, 0.2) is 18.9 Å². The fraction of sp³-hybridized carbons (Fsp3) is 0.893. The maximum Gasteiger partial charge on any atom is 0.220 e. The highest BCUT2D eigenvalue weighted by Gasteiger charge is 2.54. The summed E-state index contributed by atoms with van der Waals surface area (Å²) in [5.41, 5.74) is 0. The number of aliphatic hydroxyl groups excluding tert-OH is 11. The topological polar surface area (TPSA) is 307 Å². The summed E-state index contributed by atoms with van der Waals surface area (Å²) in [6, 6.07) is -0.886. The van der Waals surface area contributed by atoms with Gasteiger partial charge in [0.25, 0.3) is 0 Å². The van der Waals surface area contributed by atoms with Gasteiger partial charge in [-0.3, -0.25) is 4.79 Å². The summed E-state index contributed by atoms with van der Waals surface area (Å²) in [5, 5.41) is 121. The zero-order valence-electron chi connectivity index (χ0n) is 64.8. The SMILES string of the molecule is CC/C=C\C/C=C\C/C=C\C/C=C\CCCCCCCCCCCCCCCCCCCCCCCCCCCCCCC(=O)NC(COC1OC(CO)C(OC2OC(CO)C(OC3OC(CO)C(O)C(O)C3O)C(O)C2O)C(O)C1O)C(O)CCCCCCCCCCCCCCCCCCC. The second-order valence-corrected chi connectivity index (χ2v) is 30.3. The van der Waals surface area contributed by atoms with Crippen LogP contribution in [0.15, 0.2) is 48.6 Å². The Morgan fingerprint density at radius 2 is 0.670 bits per heavy atom. The van der Waals surface area contributed by atoms with Gasteiger partial charge in [0.2, 0.25) is 5.91 Å². The van der Waals surface area contributed by atoms with Gasteiger partial charge in [0.05, 0.1) is 38.6 Å². The minimum absolute atomic E-state index is 0.235. The first-order valence-corrected chi connectivity index (χ1v) is 42.4. The maximum atomic E-state index is 13.5. The quantitative estimate of drug-likeness (QED) is 0.0199. The normalized spacial score (nSPS) is 26.2. The summed E-state index contributed by atoms with van der Waals surface area (Å²) < 4.78 is 34.5. The lowest BCUT2D eigenvalue weighted by molar-refractivity contribution is -0.379. The largest absolute Gasteiger partial charge is 0.394 e. The number of aliphatic hydroxyl groups is 11. The van der Waals surface area contributed by atoms with Gasteiger partial charge in [-0.05, 0) is 51.4 Å². The number of hydrogen-bond donors (Lipinski definition) is 12. The molecule has 3 saturated heterocycles. The number of amides is 1. The number of allylic oxidation sites excluding steroid dienone is 8. The number of ether oxygens (including phenoxy) is 6. The molecule has 0 bridgehead atoms. The van der Waals surface area contributed by atoms with E-state index in [1.165, 1.54) is 244 Å². The molecule has 3 rings (SSSR count). The van der Waals surface area contributed by atoms with E-state index in [4.69, 9.17) is 28.4 Å². The Morgan fingerprint density at radius 3 is 1.05 bits per heavy atom. The van der Waals surface area contributed by atoms with Gasteiger partial charge in [0.1, 0.15) is 73.2 Å². The van der Waals surface area contributed by atoms with Crippen molar-refractivity contribution in [2.45, 2.75) is 452 Å². The predicted molar refractivity (Wildman–Crippen MR) is 411 cm³/mol. The van der Waals surface area contributed by atoms with Crippen LogP contribution >= 0.6 is 0 Å². The molecule has 103 heavy (non-hydrogen) atoms. The molecule has 604 valence electrons. The maximum absolute atomic E-state index is 13.5. The predicted octanol–water partition coefficient (Wildman–Crippen LogP) is 14.8. The highest BCUT2D eigenvalue weighted by molar-refractivity contribution is 5.76. The zero-order chi connectivity index (χ0) is 74.6. The van der Waals surface area contributed by atoms with Gasteiger partial charge in [-0.15, -0.1) is 0 Å². The van der Waals surface area contributed by atoms with Crippen LogP contribution in [0.4, 0.5) is 0 Å². The lowest BCUT2D eigenvalue weighted by Crippen LogP contribution is -2.66. The van der Waals surface area contributed by atoms with Crippen molar-refractivity contribution in [3.05, 3.63) is 48.6 Å². The summed E-state index contributed by atoms with van der Waals surface area (Å²) in [5.74, 6) is -0.235. The minimum Gasteiger partial charge on any atom is -0.394 e. The van der Waals surface area contributed by atoms with Gasteiger partial charge >= 0.3 is 0 Å². The highest BCUT2D eigenvalue weighted by atomic mass is 16.8. The average Bonchev–Trinajstić information content (AvgIpc) is 0.782. The van der Waals surface area contributed by atoms with Crippen molar-refractivity contribution < 1.29 is 89.4 Å². The van der Waals surface area contributed by atoms with Crippen LogP contribution in [0.25, 0.3) is 0 Å². The molecule has 0 saturated carbocycles. The molecule has 0 aliphatic carbocycles. The Balaban J connectivity index is 1.27. The van der Waals surface area contributed by atoms with E-state index in [0.717, 1.165) is 70.6 Å². The molecule has 3 fully saturated rings. The molecule has 3 heterocycles. The van der Waals surface area contributed by atoms with Crippen molar-refractivity contribution in [1.29, 1.82) is 0 Å². The molecular formula is C84H155NO18. The lowest BCUT2D eigenvalue weighted by Gasteiger charge is -2.48. The summed E-state index contributed by atoms with van der Waals surface area (Å²) in [6.07, 6.45) is 55.2. The number of hydrogen-bond acceptors (Lipinski definition) is 18. The van der Waals surface area contributed by atoms with Crippen molar-refractivity contribution in [3.63, 3.8) is 0 Å². The van der Waals surface area contributed by atoms with E-state index in [2.05, 4.69) is 67.8 Å². The van der Waals surface area contributed by atoms with Crippen LogP contribution in [-0.2, 0) is 33.2 Å². The number of unbranched alkanes of at least 4 members (excludes halogenated alkanes) is 44. The summed E-state index contributed by atoms with van der Waals surface area (Å²) >= 11 is 0. The van der Waals surface area contributed by atoms with Crippen LogP contribution in [0.3, 0.4) is 0 Å². The van der Waals surface area contributed by atoms with Crippen molar-refractivity contribution in [2.24, 2.45) is 0 Å². The Bertz CT molecular complexity index is 2050. The molecule has 3 aliphatic rings. The lowest BCUT2D eigenvalue weighted by atomic mass is 9.96. The third-order valence-corrected chi connectivity index (χ3v) is 21.2. The number of rotatable bonds is 68. The molecule has 0 aromatic heterocycles. The van der Waals surface area contributed by atoms with Crippen molar-refractivity contribution in [2.75, 3.05) is 26.4 Å². The average molecular weight is 1470 g/mol. The van der Waals surface area contributed by atoms with E-state index in [1.807, 2.05) is 0 Å². The third kappa shape index (κ3) is 44.3. The van der Waals surface area contributed by atoms with E-state index in [1.54, 1.807) is 0 Å². The van der Waals surface area contributed by atoms with Crippen molar-refractivity contribution >= 4 is 5.91 Å². The Hall–Kier alpha value is -2.25. The van der Waals surface area contributed by atoms with Gasteiger partial charge in [-0.25, -0.2) is 0 Å². The van der Waals surface area contributed by atoms with Gasteiger partial charge < -0.3 is 89.9 Å². The van der Waals surface area contributed by atoms with Crippen LogP contribution in [0.2, 0.25) is 0 Å². The molecular weight excluding hydrogens is 1310 g/mol. The molecule has 0 aromatic rings. The molecule has 12 N–H and O–H groups in total. The summed E-state index contributed by atoms with van der Waals surface area (Å²) in [4.78, 5) is 13.5. The third-order valence-electron chi connectivity index (χ3n) is 21.2. The van der Waals surface area contributed by atoms with Crippen LogP contribution in [0.1, 0.15) is 348 Å². The van der Waals surface area contributed by atoms with Crippen molar-refractivity contribution in [1.82, 2.24) is 5.32 Å². The monoisotopic (exact) mass is 1470 g/mol. The van der Waals surface area contributed by atoms with Gasteiger partial charge in [0, 0.05) is 6.42 Å². The molecule has 1 amide bonds. The number of nitrogens with one attached hydrogen (secondary N) is 1. The smallest absolute Gasteiger partial charge is 0.220 e. The standard InChI is InChI=1S/C84H155NO18/c1-3-5-7-9-11-13-15-17-19-21-22-23-24-25-26-27-28-29-30-31-32-33-34-35-36-37-38-39-40-41-42-43-44-46-48-50-52-54-56-58-60-62-72(90)85-67(68(89)61-59-57-55-53-51-49-47-45-20-18-16-14-12-10-8-6-4-2)66-98-82-78(96)75(93)80(70(64-87)100-82)103-84-79(97)76(94)81(71(65-88)101-84)102-83-77(95)74(92)73(91)69(63-86)99-83/h5,7,11,13,17,19,22-23,67-71,73-84,86-89,91-97H,3-4,6,8-10,12,14-16,18,20-21,24-66H2,1-2H3,(H,85,90)/b7-5-,13-11-,19-17-,23-22-. The van der Waals surface area contributed by atoms with E-state index < -0.39 is 124 Å². The van der Waals surface area contributed by atoms with Gasteiger partial charge in [-0.2, -0.15) is 0 Å². The molecule has 19 nitrogen and oxygen atoms in total. The first kappa shape index (κ1) is 95.0. The van der Waals surface area contributed by atoms with E-state index in [0.29, 0.717) is 12.8 Å². The highest BCUT2D eigenvalue weighted by Crippen LogP contribution is 2.33. The molecule has 0 aromatic carbocycles. The molecule has 0 radical (unpaired) electrons. The fourth-order valence-corrected chi connectivity index (χ4v) is 14.4. The van der Waals surface area contributed by atoms with E-state index in [-0.39, 0.29) is 18.9 Å². The van der Waals surface area contributed by atoms with Crippen LogP contribution < -0.4 is 5.32 Å². The molecule has 3 aliphatic heterocycles. The van der Waals surface area contributed by atoms with Crippen molar-refractivity contribution in [3.8, 4) is 0 Å². The zero-order valence-corrected chi connectivity index (χ0v) is 64.8. The second kappa shape index (κ2) is 64.6. The number of carbonyl (C=O) groups is 1.